The lowest BCUT2D eigenvalue weighted by atomic mass is 10.0. The number of anilines is 2. The minimum absolute atomic E-state index is 0.684. The summed E-state index contributed by atoms with van der Waals surface area (Å²) in [6, 6.07) is 18.3. The SMILES string of the molecule is CCc1c(C)c(C#N)c2[nH]c3ccccc3[n+]2c1Nc1ccc(OC)cc1. The monoisotopic (exact) mass is 357 g/mol. The third kappa shape index (κ3) is 2.67. The summed E-state index contributed by atoms with van der Waals surface area (Å²) in [5, 5.41) is 13.3. The lowest BCUT2D eigenvalue weighted by Crippen LogP contribution is -2.28. The van der Waals surface area contributed by atoms with Gasteiger partial charge < -0.3 is 4.74 Å². The van der Waals surface area contributed by atoms with Gasteiger partial charge in [-0.2, -0.15) is 9.66 Å². The number of fused-ring (bicyclic) bond motifs is 3. The van der Waals surface area contributed by atoms with Gasteiger partial charge in [0, 0.05) is 5.56 Å². The molecule has 27 heavy (non-hydrogen) atoms. The Morgan fingerprint density at radius 2 is 1.89 bits per heavy atom. The van der Waals surface area contributed by atoms with Crippen LogP contribution in [0.2, 0.25) is 0 Å². The zero-order valence-corrected chi connectivity index (χ0v) is 15.6. The van der Waals surface area contributed by atoms with Crippen molar-refractivity contribution in [3.8, 4) is 11.8 Å². The molecule has 2 aromatic carbocycles. The molecular weight excluding hydrogens is 336 g/mol. The van der Waals surface area contributed by atoms with Gasteiger partial charge in [-0.05, 0) is 55.3 Å². The molecule has 5 nitrogen and oxygen atoms in total. The number of para-hydroxylation sites is 2. The van der Waals surface area contributed by atoms with Gasteiger partial charge in [0.2, 0.25) is 11.5 Å². The van der Waals surface area contributed by atoms with Crippen LogP contribution in [0.3, 0.4) is 0 Å². The molecule has 4 aromatic rings. The first-order chi connectivity index (χ1) is 13.2. The number of hydrogen-bond acceptors (Lipinski definition) is 3. The Balaban J connectivity index is 2.03. The van der Waals surface area contributed by atoms with Crippen LogP contribution in [0.25, 0.3) is 16.7 Å². The number of pyridine rings is 1. The highest BCUT2D eigenvalue weighted by Crippen LogP contribution is 2.28. The van der Waals surface area contributed by atoms with E-state index >= 15 is 0 Å². The van der Waals surface area contributed by atoms with E-state index in [4.69, 9.17) is 4.74 Å². The molecule has 0 atom stereocenters. The van der Waals surface area contributed by atoms with Crippen molar-refractivity contribution in [2.24, 2.45) is 0 Å². The number of H-pyrrole nitrogens is 1. The zero-order chi connectivity index (χ0) is 19.0. The number of rotatable bonds is 4. The molecule has 0 saturated heterocycles. The molecule has 134 valence electrons. The van der Waals surface area contributed by atoms with Crippen LogP contribution in [0, 0.1) is 18.3 Å². The zero-order valence-electron chi connectivity index (χ0n) is 15.6. The van der Waals surface area contributed by atoms with E-state index in [0.717, 1.165) is 51.5 Å². The van der Waals surface area contributed by atoms with E-state index < -0.39 is 0 Å². The molecule has 5 heteroatoms. The van der Waals surface area contributed by atoms with Crippen LogP contribution >= 0.6 is 0 Å². The van der Waals surface area contributed by atoms with Crippen molar-refractivity contribution < 1.29 is 9.14 Å². The molecule has 0 fully saturated rings. The number of nitrogens with zero attached hydrogens (tertiary/aromatic N) is 2. The minimum atomic E-state index is 0.684. The molecule has 2 heterocycles. The lowest BCUT2D eigenvalue weighted by Gasteiger charge is -2.12. The molecular formula is C22H21N4O+. The van der Waals surface area contributed by atoms with Crippen LogP contribution in [-0.2, 0) is 6.42 Å². The Labute approximate surface area is 157 Å². The van der Waals surface area contributed by atoms with Crippen LogP contribution in [0.1, 0.15) is 23.6 Å². The standard InChI is InChI=1S/C22H20N4O/c1-4-17-14(2)18(13-23)22-25-19-7-5-6-8-20(19)26(22)21(17)24-15-9-11-16(27-3)12-10-15/h5-12H,4H2,1-3H3,(H,24,25)/p+1. The van der Waals surface area contributed by atoms with E-state index in [0.29, 0.717) is 5.56 Å². The van der Waals surface area contributed by atoms with Gasteiger partial charge in [0.1, 0.15) is 28.4 Å². The van der Waals surface area contributed by atoms with Gasteiger partial charge in [-0.3, -0.25) is 10.3 Å². The van der Waals surface area contributed by atoms with Crippen molar-refractivity contribution in [2.75, 3.05) is 12.4 Å². The molecule has 0 unspecified atom stereocenters. The van der Waals surface area contributed by atoms with Gasteiger partial charge in [-0.15, -0.1) is 0 Å². The smallest absolute Gasteiger partial charge is 0.250 e. The maximum Gasteiger partial charge on any atom is 0.250 e. The van der Waals surface area contributed by atoms with E-state index in [1.165, 1.54) is 0 Å². The fourth-order valence-electron chi connectivity index (χ4n) is 3.64. The summed E-state index contributed by atoms with van der Waals surface area (Å²) >= 11 is 0. The van der Waals surface area contributed by atoms with E-state index in [1.54, 1.807) is 7.11 Å². The second kappa shape index (κ2) is 6.65. The first kappa shape index (κ1) is 16.9. The molecule has 0 spiro atoms. The van der Waals surface area contributed by atoms with E-state index in [2.05, 4.69) is 33.8 Å². The number of ether oxygens (including phenoxy) is 1. The lowest BCUT2D eigenvalue weighted by molar-refractivity contribution is -0.465. The number of benzene rings is 2. The summed E-state index contributed by atoms with van der Waals surface area (Å²) in [7, 11) is 1.66. The summed E-state index contributed by atoms with van der Waals surface area (Å²) < 4.78 is 7.37. The van der Waals surface area contributed by atoms with Crippen molar-refractivity contribution in [2.45, 2.75) is 20.3 Å². The van der Waals surface area contributed by atoms with Crippen molar-refractivity contribution in [1.82, 2.24) is 4.98 Å². The molecule has 0 amide bonds. The number of imidazole rings is 1. The van der Waals surface area contributed by atoms with Crippen LogP contribution < -0.4 is 14.5 Å². The molecule has 0 bridgehead atoms. The number of nitrogens with one attached hydrogen (secondary N) is 2. The minimum Gasteiger partial charge on any atom is -0.497 e. The van der Waals surface area contributed by atoms with Gasteiger partial charge in [-0.1, -0.05) is 19.1 Å². The molecule has 2 N–H and O–H groups in total. The molecule has 0 saturated carbocycles. The third-order valence-corrected chi connectivity index (χ3v) is 5.01. The predicted molar refractivity (Wildman–Crippen MR) is 107 cm³/mol. The fraction of sp³-hybridized carbons (Fsp3) is 0.182. The Morgan fingerprint density at radius 1 is 1.15 bits per heavy atom. The van der Waals surface area contributed by atoms with Crippen LogP contribution in [0.4, 0.5) is 11.5 Å². The number of aromatic amines is 1. The normalized spacial score (nSPS) is 10.9. The fourth-order valence-corrected chi connectivity index (χ4v) is 3.64. The Hall–Kier alpha value is -3.52. The van der Waals surface area contributed by atoms with Gasteiger partial charge >= 0.3 is 0 Å². The van der Waals surface area contributed by atoms with Crippen LogP contribution in [0.15, 0.2) is 48.5 Å². The average Bonchev–Trinajstić information content (AvgIpc) is 3.08. The highest BCUT2D eigenvalue weighted by atomic mass is 16.5. The summed E-state index contributed by atoms with van der Waals surface area (Å²) in [5.41, 5.74) is 6.63. The second-order valence-corrected chi connectivity index (χ2v) is 6.47. The number of aromatic nitrogens is 2. The molecule has 4 rings (SSSR count). The van der Waals surface area contributed by atoms with Crippen molar-refractivity contribution in [3.63, 3.8) is 0 Å². The average molecular weight is 357 g/mol. The predicted octanol–water partition coefficient (Wildman–Crippen LogP) is 4.40. The number of hydrogen-bond donors (Lipinski definition) is 2. The van der Waals surface area contributed by atoms with Crippen LogP contribution in [0.5, 0.6) is 5.75 Å². The second-order valence-electron chi connectivity index (χ2n) is 6.47. The molecule has 0 aliphatic heterocycles. The van der Waals surface area contributed by atoms with Gasteiger partial charge in [0.15, 0.2) is 0 Å². The Morgan fingerprint density at radius 3 is 2.56 bits per heavy atom. The summed E-state index contributed by atoms with van der Waals surface area (Å²) in [6.45, 7) is 4.13. The molecule has 0 aliphatic rings. The quantitative estimate of drug-likeness (QED) is 0.532. The first-order valence-corrected chi connectivity index (χ1v) is 8.97. The first-order valence-electron chi connectivity index (χ1n) is 8.97. The highest BCUT2D eigenvalue weighted by molar-refractivity contribution is 5.78. The van der Waals surface area contributed by atoms with E-state index in [9.17, 15) is 5.26 Å². The molecule has 0 aliphatic carbocycles. The number of methoxy groups -OCH3 is 1. The summed E-state index contributed by atoms with van der Waals surface area (Å²) in [5.74, 6) is 1.80. The Bertz CT molecular complexity index is 1180. The number of nitriles is 1. The summed E-state index contributed by atoms with van der Waals surface area (Å²) in [4.78, 5) is 3.41. The van der Waals surface area contributed by atoms with Crippen molar-refractivity contribution >= 4 is 28.2 Å². The highest BCUT2D eigenvalue weighted by Gasteiger charge is 2.25. The van der Waals surface area contributed by atoms with Gasteiger partial charge in [0.25, 0.3) is 0 Å². The topological polar surface area (TPSA) is 64.9 Å². The maximum atomic E-state index is 9.78. The molecule has 2 aromatic heterocycles. The van der Waals surface area contributed by atoms with Gasteiger partial charge in [0.05, 0.1) is 12.8 Å². The van der Waals surface area contributed by atoms with E-state index in [1.807, 2.05) is 49.4 Å². The maximum absolute atomic E-state index is 9.78. The molecule has 0 radical (unpaired) electrons. The van der Waals surface area contributed by atoms with Crippen molar-refractivity contribution in [1.29, 1.82) is 5.26 Å². The summed E-state index contributed by atoms with van der Waals surface area (Å²) in [6.07, 6.45) is 0.821. The van der Waals surface area contributed by atoms with Crippen LogP contribution in [-0.4, -0.2) is 12.1 Å². The van der Waals surface area contributed by atoms with E-state index in [-0.39, 0.29) is 0 Å². The third-order valence-electron chi connectivity index (χ3n) is 5.01. The Kier molecular flexibility index (Phi) is 4.17. The largest absolute Gasteiger partial charge is 0.497 e. The van der Waals surface area contributed by atoms with Crippen molar-refractivity contribution in [3.05, 3.63) is 65.2 Å². The van der Waals surface area contributed by atoms with Gasteiger partial charge in [-0.25, -0.2) is 0 Å².